The summed E-state index contributed by atoms with van der Waals surface area (Å²) in [5, 5.41) is 10.0. The Hall–Kier alpha value is -1.86. The van der Waals surface area contributed by atoms with Crippen LogP contribution in [0.4, 0.5) is 8.78 Å². The largest absolute Gasteiger partial charge is 0.391 e. The molecule has 0 bridgehead atoms. The highest BCUT2D eigenvalue weighted by Crippen LogP contribution is 2.43. The number of carbonyl (C=O) groups is 1. The van der Waals surface area contributed by atoms with E-state index in [1.807, 2.05) is 0 Å². The number of nitrogens with zero attached hydrogens (tertiary/aromatic N) is 2. The lowest BCUT2D eigenvalue weighted by atomic mass is 10.0. The highest BCUT2D eigenvalue weighted by molar-refractivity contribution is 7.11. The summed E-state index contributed by atoms with van der Waals surface area (Å²) in [6.07, 6.45) is 1.72. The zero-order chi connectivity index (χ0) is 16.8. The molecule has 1 aromatic heterocycles. The monoisotopic (exact) mass is 350 g/mol. The van der Waals surface area contributed by atoms with Crippen LogP contribution in [0.2, 0.25) is 0 Å². The standard InChI is InChI=1S/C17H16F2N2O2S/c18-12-4-3-10(5-13(12)19)14-6-11(22)7-21(14)17(23)16-15(9-1-2-9)20-8-24-16/h3-5,8-9,11,14,22H,1-2,6-7H2. The van der Waals surface area contributed by atoms with Gasteiger partial charge in [-0.15, -0.1) is 11.3 Å². The number of thiazole rings is 1. The zero-order valence-corrected chi connectivity index (χ0v) is 13.6. The zero-order valence-electron chi connectivity index (χ0n) is 12.8. The van der Waals surface area contributed by atoms with E-state index >= 15 is 0 Å². The molecule has 2 aromatic rings. The van der Waals surface area contributed by atoms with Gasteiger partial charge in [0.15, 0.2) is 11.6 Å². The first kappa shape index (κ1) is 15.7. The fraction of sp³-hybridized carbons (Fsp3) is 0.412. The van der Waals surface area contributed by atoms with Gasteiger partial charge in [0.2, 0.25) is 0 Å². The lowest BCUT2D eigenvalue weighted by Gasteiger charge is -2.24. The van der Waals surface area contributed by atoms with E-state index in [1.165, 1.54) is 17.4 Å². The minimum atomic E-state index is -0.947. The summed E-state index contributed by atoms with van der Waals surface area (Å²) >= 11 is 1.30. The van der Waals surface area contributed by atoms with Crippen LogP contribution in [0.3, 0.4) is 0 Å². The predicted octanol–water partition coefficient (Wildman–Crippen LogP) is 3.25. The Labute approximate surface area is 141 Å². The number of benzene rings is 1. The van der Waals surface area contributed by atoms with Crippen molar-refractivity contribution in [2.24, 2.45) is 0 Å². The van der Waals surface area contributed by atoms with Gasteiger partial charge >= 0.3 is 0 Å². The molecule has 2 aliphatic rings. The third-order valence-electron chi connectivity index (χ3n) is 4.62. The van der Waals surface area contributed by atoms with Crippen molar-refractivity contribution in [1.29, 1.82) is 0 Å². The molecule has 2 fully saturated rings. The number of β-amino-alcohol motifs (C(OH)–C–C–N with tert-alkyl or cyclic N) is 1. The van der Waals surface area contributed by atoms with E-state index < -0.39 is 23.8 Å². The number of aromatic nitrogens is 1. The molecule has 0 spiro atoms. The molecule has 4 nitrogen and oxygen atoms in total. The first-order valence-electron chi connectivity index (χ1n) is 7.92. The van der Waals surface area contributed by atoms with E-state index in [0.29, 0.717) is 22.8 Å². The third kappa shape index (κ3) is 2.71. The smallest absolute Gasteiger partial charge is 0.266 e. The number of aliphatic hydroxyl groups excluding tert-OH is 1. The molecule has 2 atom stereocenters. The van der Waals surface area contributed by atoms with Gasteiger partial charge in [-0.25, -0.2) is 13.8 Å². The number of hydrogen-bond donors (Lipinski definition) is 1. The summed E-state index contributed by atoms with van der Waals surface area (Å²) in [5.74, 6) is -1.71. The van der Waals surface area contributed by atoms with Crippen LogP contribution in [0.25, 0.3) is 0 Å². The van der Waals surface area contributed by atoms with Crippen LogP contribution in [0.1, 0.15) is 52.2 Å². The van der Waals surface area contributed by atoms with E-state index in [0.717, 1.165) is 30.7 Å². The quantitative estimate of drug-likeness (QED) is 0.925. The van der Waals surface area contributed by atoms with E-state index in [9.17, 15) is 18.7 Å². The van der Waals surface area contributed by atoms with Crippen molar-refractivity contribution >= 4 is 17.2 Å². The van der Waals surface area contributed by atoms with Gasteiger partial charge in [-0.3, -0.25) is 4.79 Å². The van der Waals surface area contributed by atoms with E-state index in [2.05, 4.69) is 4.98 Å². The maximum atomic E-state index is 13.6. The summed E-state index contributed by atoms with van der Waals surface area (Å²) in [5.41, 5.74) is 2.99. The second-order valence-corrected chi connectivity index (χ2v) is 7.23. The van der Waals surface area contributed by atoms with Crippen LogP contribution >= 0.6 is 11.3 Å². The van der Waals surface area contributed by atoms with E-state index in [-0.39, 0.29) is 12.5 Å². The van der Waals surface area contributed by atoms with Crippen molar-refractivity contribution in [1.82, 2.24) is 9.88 Å². The van der Waals surface area contributed by atoms with Gasteiger partial charge in [-0.2, -0.15) is 0 Å². The van der Waals surface area contributed by atoms with Crippen molar-refractivity contribution in [3.05, 3.63) is 51.5 Å². The molecular weight excluding hydrogens is 334 g/mol. The number of halogens is 2. The maximum absolute atomic E-state index is 13.6. The molecule has 1 amide bonds. The van der Waals surface area contributed by atoms with Crippen LogP contribution < -0.4 is 0 Å². The number of likely N-dealkylation sites (tertiary alicyclic amines) is 1. The van der Waals surface area contributed by atoms with Crippen molar-refractivity contribution < 1.29 is 18.7 Å². The van der Waals surface area contributed by atoms with Gasteiger partial charge in [0.05, 0.1) is 23.4 Å². The summed E-state index contributed by atoms with van der Waals surface area (Å²) in [6.45, 7) is 0.185. The first-order chi connectivity index (χ1) is 11.5. The van der Waals surface area contributed by atoms with E-state index in [4.69, 9.17) is 0 Å². The summed E-state index contributed by atoms with van der Waals surface area (Å²) in [6, 6.07) is 3.17. The molecule has 1 aliphatic carbocycles. The first-order valence-corrected chi connectivity index (χ1v) is 8.80. The van der Waals surface area contributed by atoms with Gasteiger partial charge in [-0.05, 0) is 37.0 Å². The molecule has 1 saturated heterocycles. The number of hydrogen-bond acceptors (Lipinski definition) is 4. The highest BCUT2D eigenvalue weighted by Gasteiger charge is 2.39. The lowest BCUT2D eigenvalue weighted by molar-refractivity contribution is 0.0719. The van der Waals surface area contributed by atoms with Crippen molar-refractivity contribution in [2.45, 2.75) is 37.3 Å². The molecular formula is C17H16F2N2O2S. The number of amides is 1. The molecule has 2 unspecified atom stereocenters. The second-order valence-electron chi connectivity index (χ2n) is 6.38. The van der Waals surface area contributed by atoms with Gasteiger partial charge in [-0.1, -0.05) is 6.07 Å². The Morgan fingerprint density at radius 2 is 2.08 bits per heavy atom. The average Bonchev–Trinajstić information content (AvgIpc) is 3.15. The Kier molecular flexibility index (Phi) is 3.85. The van der Waals surface area contributed by atoms with Crippen LogP contribution in [-0.4, -0.2) is 33.5 Å². The molecule has 1 aliphatic heterocycles. The number of carbonyl (C=O) groups excluding carboxylic acids is 1. The maximum Gasteiger partial charge on any atom is 0.266 e. The van der Waals surface area contributed by atoms with Crippen LogP contribution in [0.5, 0.6) is 0 Å². The van der Waals surface area contributed by atoms with Crippen LogP contribution in [0.15, 0.2) is 23.7 Å². The topological polar surface area (TPSA) is 53.4 Å². The lowest BCUT2D eigenvalue weighted by Crippen LogP contribution is -2.32. The molecule has 0 radical (unpaired) electrons. The Morgan fingerprint density at radius 3 is 2.79 bits per heavy atom. The SMILES string of the molecule is O=C(c1scnc1C1CC1)N1CC(O)CC1c1ccc(F)c(F)c1. The average molecular weight is 350 g/mol. The van der Waals surface area contributed by atoms with Crippen molar-refractivity contribution in [3.63, 3.8) is 0 Å². The Bertz CT molecular complexity index is 791. The molecule has 126 valence electrons. The molecule has 4 rings (SSSR count). The second kappa shape index (κ2) is 5.89. The minimum absolute atomic E-state index is 0.185. The van der Waals surface area contributed by atoms with E-state index in [1.54, 1.807) is 10.4 Å². The minimum Gasteiger partial charge on any atom is -0.391 e. The predicted molar refractivity (Wildman–Crippen MR) is 84.8 cm³/mol. The molecule has 24 heavy (non-hydrogen) atoms. The van der Waals surface area contributed by atoms with Gasteiger partial charge < -0.3 is 10.0 Å². The molecule has 2 heterocycles. The number of aliphatic hydroxyl groups is 1. The fourth-order valence-electron chi connectivity index (χ4n) is 3.27. The molecule has 1 aromatic carbocycles. The third-order valence-corrected chi connectivity index (χ3v) is 5.45. The Morgan fingerprint density at radius 1 is 1.29 bits per heavy atom. The fourth-order valence-corrected chi connectivity index (χ4v) is 4.10. The van der Waals surface area contributed by atoms with Gasteiger partial charge in [0, 0.05) is 12.5 Å². The number of rotatable bonds is 3. The van der Waals surface area contributed by atoms with Gasteiger partial charge in [0.1, 0.15) is 4.88 Å². The van der Waals surface area contributed by atoms with Crippen LogP contribution in [0, 0.1) is 11.6 Å². The van der Waals surface area contributed by atoms with Crippen LogP contribution in [-0.2, 0) is 0 Å². The molecule has 1 N–H and O–H groups in total. The molecule has 1 saturated carbocycles. The summed E-state index contributed by atoms with van der Waals surface area (Å²) < 4.78 is 26.7. The van der Waals surface area contributed by atoms with Crippen molar-refractivity contribution in [2.75, 3.05) is 6.54 Å². The molecule has 7 heteroatoms. The Balaban J connectivity index is 1.65. The highest BCUT2D eigenvalue weighted by atomic mass is 32.1. The van der Waals surface area contributed by atoms with Crippen molar-refractivity contribution in [3.8, 4) is 0 Å². The van der Waals surface area contributed by atoms with Gasteiger partial charge in [0.25, 0.3) is 5.91 Å². The normalized spacial score (nSPS) is 23.7. The summed E-state index contributed by atoms with van der Waals surface area (Å²) in [7, 11) is 0. The summed E-state index contributed by atoms with van der Waals surface area (Å²) in [4.78, 5) is 19.4.